The zero-order valence-electron chi connectivity index (χ0n) is 16.8. The van der Waals surface area contributed by atoms with Crippen LogP contribution in [0.5, 0.6) is 0 Å². The Labute approximate surface area is 194 Å². The van der Waals surface area contributed by atoms with Gasteiger partial charge in [0.1, 0.15) is 12.2 Å². The number of hydrogen-bond acceptors (Lipinski definition) is 4. The molecule has 1 fully saturated rings. The SMILES string of the molecule is C=CCNC(=NCCn1cnnc1CC)N1CCN(c2ccccc2Cl)CC1.I. The monoisotopic (exact) mass is 529 g/mol. The Morgan fingerprint density at radius 1 is 1.28 bits per heavy atom. The summed E-state index contributed by atoms with van der Waals surface area (Å²) in [5, 5.41) is 12.3. The highest BCUT2D eigenvalue weighted by Crippen LogP contribution is 2.26. The Bertz CT molecular complexity index is 800. The van der Waals surface area contributed by atoms with Crippen LogP contribution in [0, 0.1) is 0 Å². The number of anilines is 1. The van der Waals surface area contributed by atoms with Gasteiger partial charge in [-0.2, -0.15) is 0 Å². The molecule has 1 saturated heterocycles. The third kappa shape index (κ3) is 6.33. The van der Waals surface area contributed by atoms with Gasteiger partial charge < -0.3 is 19.7 Å². The number of benzene rings is 1. The summed E-state index contributed by atoms with van der Waals surface area (Å²) in [6.45, 7) is 11.6. The van der Waals surface area contributed by atoms with Gasteiger partial charge in [0.05, 0.1) is 17.3 Å². The molecule has 2 heterocycles. The second kappa shape index (κ2) is 12.0. The summed E-state index contributed by atoms with van der Waals surface area (Å²) in [6, 6.07) is 8.01. The van der Waals surface area contributed by atoms with Crippen LogP contribution in [0.2, 0.25) is 5.02 Å². The van der Waals surface area contributed by atoms with E-state index in [1.165, 1.54) is 0 Å². The van der Waals surface area contributed by atoms with Crippen LogP contribution in [0.3, 0.4) is 0 Å². The van der Waals surface area contributed by atoms with E-state index >= 15 is 0 Å². The fraction of sp³-hybridized carbons (Fsp3) is 0.450. The first-order valence-electron chi connectivity index (χ1n) is 9.73. The molecule has 0 radical (unpaired) electrons. The van der Waals surface area contributed by atoms with Crippen molar-refractivity contribution in [2.24, 2.45) is 4.99 Å². The molecule has 0 atom stereocenters. The highest BCUT2D eigenvalue weighted by molar-refractivity contribution is 14.0. The molecule has 158 valence electrons. The van der Waals surface area contributed by atoms with Crippen LogP contribution < -0.4 is 10.2 Å². The summed E-state index contributed by atoms with van der Waals surface area (Å²) in [7, 11) is 0. The van der Waals surface area contributed by atoms with Crippen molar-refractivity contribution >= 4 is 47.2 Å². The molecule has 1 aliphatic rings. The summed E-state index contributed by atoms with van der Waals surface area (Å²) in [5.74, 6) is 1.91. The minimum Gasteiger partial charge on any atom is -0.367 e. The van der Waals surface area contributed by atoms with Crippen molar-refractivity contribution in [3.8, 4) is 0 Å². The van der Waals surface area contributed by atoms with Gasteiger partial charge in [0.25, 0.3) is 0 Å². The molecule has 0 spiro atoms. The average molecular weight is 530 g/mol. The molecule has 9 heteroatoms. The van der Waals surface area contributed by atoms with E-state index in [0.29, 0.717) is 13.1 Å². The smallest absolute Gasteiger partial charge is 0.194 e. The molecule has 2 aromatic rings. The van der Waals surface area contributed by atoms with Crippen LogP contribution in [0.4, 0.5) is 5.69 Å². The molecule has 0 unspecified atom stereocenters. The van der Waals surface area contributed by atoms with E-state index in [4.69, 9.17) is 16.6 Å². The maximum absolute atomic E-state index is 6.35. The fourth-order valence-corrected chi connectivity index (χ4v) is 3.56. The van der Waals surface area contributed by atoms with E-state index in [-0.39, 0.29) is 24.0 Å². The predicted molar refractivity (Wildman–Crippen MR) is 131 cm³/mol. The quantitative estimate of drug-likeness (QED) is 0.259. The van der Waals surface area contributed by atoms with Gasteiger partial charge in [-0.25, -0.2) is 0 Å². The second-order valence-corrected chi connectivity index (χ2v) is 7.00. The van der Waals surface area contributed by atoms with Crippen molar-refractivity contribution in [1.82, 2.24) is 25.0 Å². The lowest BCUT2D eigenvalue weighted by Crippen LogP contribution is -2.52. The van der Waals surface area contributed by atoms with E-state index in [1.54, 1.807) is 6.33 Å². The van der Waals surface area contributed by atoms with Crippen molar-refractivity contribution in [2.45, 2.75) is 19.9 Å². The highest BCUT2D eigenvalue weighted by Gasteiger charge is 2.21. The summed E-state index contributed by atoms with van der Waals surface area (Å²) in [5.41, 5.74) is 1.10. The first-order valence-corrected chi connectivity index (χ1v) is 10.1. The lowest BCUT2D eigenvalue weighted by atomic mass is 10.2. The standard InChI is InChI=1S/C20H28ClN7.HI/c1-3-9-22-20(23-10-11-28-16-24-25-19(28)4-2)27-14-12-26(13-15-27)18-8-6-5-7-17(18)21;/h3,5-8,16H,1,4,9-15H2,2H3,(H,22,23);1H. The molecule has 29 heavy (non-hydrogen) atoms. The van der Waals surface area contributed by atoms with Crippen molar-refractivity contribution < 1.29 is 0 Å². The van der Waals surface area contributed by atoms with Crippen LogP contribution in [-0.2, 0) is 13.0 Å². The van der Waals surface area contributed by atoms with E-state index in [9.17, 15) is 0 Å². The Hall–Kier alpha value is -1.81. The number of aryl methyl sites for hydroxylation is 1. The Morgan fingerprint density at radius 3 is 2.72 bits per heavy atom. The fourth-order valence-electron chi connectivity index (χ4n) is 3.30. The van der Waals surface area contributed by atoms with E-state index in [0.717, 1.165) is 61.6 Å². The number of rotatable bonds is 7. The van der Waals surface area contributed by atoms with E-state index in [1.807, 2.05) is 24.3 Å². The minimum atomic E-state index is 0. The first kappa shape index (κ1) is 23.5. The largest absolute Gasteiger partial charge is 0.367 e. The number of aromatic nitrogens is 3. The van der Waals surface area contributed by atoms with Crippen LogP contribution in [0.1, 0.15) is 12.7 Å². The van der Waals surface area contributed by atoms with Gasteiger partial charge in [-0.1, -0.05) is 36.7 Å². The molecule has 1 aromatic heterocycles. The molecule has 0 aliphatic carbocycles. The van der Waals surface area contributed by atoms with Gasteiger partial charge in [-0.15, -0.1) is 40.8 Å². The lowest BCUT2D eigenvalue weighted by molar-refractivity contribution is 0.373. The number of nitrogens with one attached hydrogen (secondary N) is 1. The zero-order valence-corrected chi connectivity index (χ0v) is 19.9. The van der Waals surface area contributed by atoms with Gasteiger partial charge in [0.15, 0.2) is 5.96 Å². The van der Waals surface area contributed by atoms with Gasteiger partial charge in [0, 0.05) is 45.7 Å². The zero-order chi connectivity index (χ0) is 19.8. The van der Waals surface area contributed by atoms with Gasteiger partial charge in [-0.3, -0.25) is 4.99 Å². The molecule has 1 aliphatic heterocycles. The average Bonchev–Trinajstić information content (AvgIpc) is 3.19. The topological polar surface area (TPSA) is 61.6 Å². The molecular formula is C20H29ClIN7. The Kier molecular flexibility index (Phi) is 9.72. The molecular weight excluding hydrogens is 501 g/mol. The van der Waals surface area contributed by atoms with Crippen molar-refractivity contribution in [3.05, 3.63) is 54.1 Å². The van der Waals surface area contributed by atoms with Gasteiger partial charge in [-0.05, 0) is 12.1 Å². The van der Waals surface area contributed by atoms with Crippen LogP contribution in [0.25, 0.3) is 0 Å². The third-order valence-electron chi connectivity index (χ3n) is 4.79. The minimum absolute atomic E-state index is 0. The van der Waals surface area contributed by atoms with Crippen molar-refractivity contribution in [1.29, 1.82) is 0 Å². The van der Waals surface area contributed by atoms with E-state index in [2.05, 4.69) is 49.5 Å². The normalized spacial score (nSPS) is 14.5. The van der Waals surface area contributed by atoms with Gasteiger partial charge in [0.2, 0.25) is 0 Å². The number of halogens is 2. The first-order chi connectivity index (χ1) is 13.7. The maximum Gasteiger partial charge on any atom is 0.194 e. The number of para-hydroxylation sites is 1. The third-order valence-corrected chi connectivity index (χ3v) is 5.11. The molecule has 0 amide bonds. The summed E-state index contributed by atoms with van der Waals surface area (Å²) in [6.07, 6.45) is 4.49. The van der Waals surface area contributed by atoms with Gasteiger partial charge >= 0.3 is 0 Å². The molecule has 0 bridgehead atoms. The van der Waals surface area contributed by atoms with Crippen molar-refractivity contribution in [3.63, 3.8) is 0 Å². The molecule has 3 rings (SSSR count). The van der Waals surface area contributed by atoms with Crippen LogP contribution in [0.15, 0.2) is 48.2 Å². The maximum atomic E-state index is 6.35. The number of nitrogens with zero attached hydrogens (tertiary/aromatic N) is 6. The number of aliphatic imine (C=N–C) groups is 1. The Balaban J connectivity index is 0.00000300. The number of piperazine rings is 1. The molecule has 7 nitrogen and oxygen atoms in total. The number of hydrogen-bond donors (Lipinski definition) is 1. The highest BCUT2D eigenvalue weighted by atomic mass is 127. The second-order valence-electron chi connectivity index (χ2n) is 6.59. The van der Waals surface area contributed by atoms with Crippen LogP contribution >= 0.6 is 35.6 Å². The summed E-state index contributed by atoms with van der Waals surface area (Å²) < 4.78 is 2.06. The molecule has 1 N–H and O–H groups in total. The Morgan fingerprint density at radius 2 is 2.03 bits per heavy atom. The van der Waals surface area contributed by atoms with E-state index < -0.39 is 0 Å². The number of guanidine groups is 1. The van der Waals surface area contributed by atoms with Crippen molar-refractivity contribution in [2.75, 3.05) is 44.2 Å². The molecule has 0 saturated carbocycles. The molecule has 1 aromatic carbocycles. The predicted octanol–water partition coefficient (Wildman–Crippen LogP) is 3.07. The summed E-state index contributed by atoms with van der Waals surface area (Å²) in [4.78, 5) is 9.44. The lowest BCUT2D eigenvalue weighted by Gasteiger charge is -2.38. The summed E-state index contributed by atoms with van der Waals surface area (Å²) >= 11 is 6.35. The van der Waals surface area contributed by atoms with Crippen LogP contribution in [-0.4, -0.2) is 64.9 Å².